The standard InChI is InChI=1S/C29H29N3O5/c1-3-22(29(33)34)17-26(25-11-7-8-16-30-25)32-36-18-21-12-14-24(15-13-21)35-19-27-20(2)37-28(31-27)23-9-5-4-6-10-23/h4-16,22H,3,17-19H2,1-2H3,(H,33,34). The van der Waals surface area contributed by atoms with Crippen LogP contribution in [-0.2, 0) is 22.8 Å². The number of carbonyl (C=O) groups is 1. The van der Waals surface area contributed by atoms with E-state index in [9.17, 15) is 9.90 Å². The number of nitrogens with zero attached hydrogens (tertiary/aromatic N) is 3. The van der Waals surface area contributed by atoms with Gasteiger partial charge in [0, 0.05) is 18.2 Å². The predicted molar refractivity (Wildman–Crippen MR) is 139 cm³/mol. The van der Waals surface area contributed by atoms with Crippen LogP contribution in [0.25, 0.3) is 11.5 Å². The molecule has 8 nitrogen and oxygen atoms in total. The highest BCUT2D eigenvalue weighted by molar-refractivity contribution is 6.00. The average molecular weight is 500 g/mol. The van der Waals surface area contributed by atoms with Gasteiger partial charge in [0.1, 0.15) is 36.1 Å². The second-order valence-corrected chi connectivity index (χ2v) is 8.49. The number of carboxylic acids is 1. The van der Waals surface area contributed by atoms with Crippen LogP contribution in [0.1, 0.15) is 42.5 Å². The van der Waals surface area contributed by atoms with Gasteiger partial charge in [0.2, 0.25) is 5.89 Å². The molecule has 2 aromatic carbocycles. The van der Waals surface area contributed by atoms with Crippen molar-refractivity contribution in [2.24, 2.45) is 11.1 Å². The minimum Gasteiger partial charge on any atom is -0.487 e. The third-order valence-corrected chi connectivity index (χ3v) is 5.86. The van der Waals surface area contributed by atoms with E-state index in [1.165, 1.54) is 0 Å². The quantitative estimate of drug-likeness (QED) is 0.187. The maximum atomic E-state index is 11.5. The Labute approximate surface area is 215 Å². The molecule has 8 heteroatoms. The third kappa shape index (κ3) is 7.04. The SMILES string of the molecule is CCC(CC(=NOCc1ccc(OCc2nc(-c3ccccc3)oc2C)cc1)c1ccccn1)C(=O)O. The third-order valence-electron chi connectivity index (χ3n) is 5.86. The molecular formula is C29H29N3O5. The number of ether oxygens (including phenoxy) is 1. The Balaban J connectivity index is 1.35. The highest BCUT2D eigenvalue weighted by Gasteiger charge is 2.20. The molecule has 0 amide bonds. The number of pyridine rings is 1. The van der Waals surface area contributed by atoms with Crippen molar-refractivity contribution in [1.82, 2.24) is 9.97 Å². The lowest BCUT2D eigenvalue weighted by Crippen LogP contribution is -2.18. The Morgan fingerprint density at radius 1 is 1.03 bits per heavy atom. The van der Waals surface area contributed by atoms with Crippen molar-refractivity contribution >= 4 is 11.7 Å². The summed E-state index contributed by atoms with van der Waals surface area (Å²) in [6.07, 6.45) is 2.38. The number of rotatable bonds is 12. The molecule has 0 aliphatic heterocycles. The first-order valence-electron chi connectivity index (χ1n) is 12.1. The van der Waals surface area contributed by atoms with Crippen molar-refractivity contribution in [2.45, 2.75) is 39.9 Å². The van der Waals surface area contributed by atoms with Crippen molar-refractivity contribution in [3.63, 3.8) is 0 Å². The van der Waals surface area contributed by atoms with Gasteiger partial charge in [0.05, 0.1) is 11.6 Å². The first-order valence-corrected chi connectivity index (χ1v) is 12.1. The molecule has 0 radical (unpaired) electrons. The van der Waals surface area contributed by atoms with Crippen LogP contribution in [0.2, 0.25) is 0 Å². The van der Waals surface area contributed by atoms with E-state index in [0.29, 0.717) is 29.5 Å². The fraction of sp³-hybridized carbons (Fsp3) is 0.241. The van der Waals surface area contributed by atoms with Crippen molar-refractivity contribution in [3.8, 4) is 17.2 Å². The minimum absolute atomic E-state index is 0.226. The highest BCUT2D eigenvalue weighted by Crippen LogP contribution is 2.23. The monoisotopic (exact) mass is 499 g/mol. The molecule has 2 aromatic heterocycles. The van der Waals surface area contributed by atoms with Gasteiger partial charge in [-0.1, -0.05) is 48.5 Å². The van der Waals surface area contributed by atoms with E-state index in [2.05, 4.69) is 15.1 Å². The number of oxazole rings is 1. The number of aromatic nitrogens is 2. The second kappa shape index (κ2) is 12.5. The fourth-order valence-corrected chi connectivity index (χ4v) is 3.65. The lowest BCUT2D eigenvalue weighted by molar-refractivity contribution is -0.141. The molecule has 4 rings (SSSR count). The molecule has 1 atom stereocenters. The number of hydrogen-bond acceptors (Lipinski definition) is 7. The number of aryl methyl sites for hydroxylation is 1. The van der Waals surface area contributed by atoms with Crippen LogP contribution in [0.4, 0.5) is 0 Å². The van der Waals surface area contributed by atoms with E-state index >= 15 is 0 Å². The highest BCUT2D eigenvalue weighted by atomic mass is 16.6. The van der Waals surface area contributed by atoms with Crippen LogP contribution in [0, 0.1) is 12.8 Å². The number of benzene rings is 2. The van der Waals surface area contributed by atoms with Gasteiger partial charge in [-0.15, -0.1) is 0 Å². The van der Waals surface area contributed by atoms with Gasteiger partial charge < -0.3 is 19.1 Å². The molecule has 2 heterocycles. The summed E-state index contributed by atoms with van der Waals surface area (Å²) in [7, 11) is 0. The minimum atomic E-state index is -0.862. The molecule has 0 spiro atoms. The van der Waals surface area contributed by atoms with Crippen LogP contribution >= 0.6 is 0 Å². The van der Waals surface area contributed by atoms with Gasteiger partial charge in [-0.25, -0.2) is 4.98 Å². The molecule has 0 saturated heterocycles. The first-order chi connectivity index (χ1) is 18.0. The summed E-state index contributed by atoms with van der Waals surface area (Å²) in [5.41, 5.74) is 3.67. The van der Waals surface area contributed by atoms with Gasteiger partial charge in [0.15, 0.2) is 0 Å². The summed E-state index contributed by atoms with van der Waals surface area (Å²) in [4.78, 5) is 26.0. The van der Waals surface area contributed by atoms with Crippen molar-refractivity contribution in [1.29, 1.82) is 0 Å². The topological polar surface area (TPSA) is 107 Å². The maximum absolute atomic E-state index is 11.5. The largest absolute Gasteiger partial charge is 0.487 e. The van der Waals surface area contributed by atoms with E-state index in [-0.39, 0.29) is 19.6 Å². The van der Waals surface area contributed by atoms with Crippen molar-refractivity contribution < 1.29 is 23.9 Å². The maximum Gasteiger partial charge on any atom is 0.306 e. The molecule has 0 bridgehead atoms. The predicted octanol–water partition coefficient (Wildman–Crippen LogP) is 6.05. The Morgan fingerprint density at radius 2 is 1.78 bits per heavy atom. The molecule has 0 aliphatic rings. The van der Waals surface area contributed by atoms with Gasteiger partial charge in [-0.2, -0.15) is 0 Å². The molecule has 0 saturated carbocycles. The zero-order valence-corrected chi connectivity index (χ0v) is 20.8. The van der Waals surface area contributed by atoms with Gasteiger partial charge in [-0.3, -0.25) is 9.78 Å². The number of hydrogen-bond donors (Lipinski definition) is 1. The number of oxime groups is 1. The molecule has 4 aromatic rings. The molecule has 37 heavy (non-hydrogen) atoms. The van der Waals surface area contributed by atoms with E-state index in [1.54, 1.807) is 18.3 Å². The molecule has 0 aliphatic carbocycles. The van der Waals surface area contributed by atoms with Crippen LogP contribution in [0.15, 0.2) is 88.6 Å². The van der Waals surface area contributed by atoms with E-state index in [1.807, 2.05) is 74.5 Å². The Morgan fingerprint density at radius 3 is 2.46 bits per heavy atom. The lowest BCUT2D eigenvalue weighted by atomic mass is 9.98. The van der Waals surface area contributed by atoms with Gasteiger partial charge in [0.25, 0.3) is 0 Å². The van der Waals surface area contributed by atoms with Gasteiger partial charge in [-0.05, 0) is 55.3 Å². The molecule has 0 fully saturated rings. The Bertz CT molecular complexity index is 1320. The summed E-state index contributed by atoms with van der Waals surface area (Å²) in [5.74, 6) is 0.566. The Hall–Kier alpha value is -4.46. The molecule has 190 valence electrons. The number of carboxylic acid groups (broad SMARTS) is 1. The lowest BCUT2D eigenvalue weighted by Gasteiger charge is -2.12. The first kappa shape index (κ1) is 25.6. The van der Waals surface area contributed by atoms with Crippen LogP contribution in [0.3, 0.4) is 0 Å². The summed E-state index contributed by atoms with van der Waals surface area (Å²) >= 11 is 0. The zero-order chi connectivity index (χ0) is 26.0. The summed E-state index contributed by atoms with van der Waals surface area (Å²) in [6.45, 7) is 4.23. The smallest absolute Gasteiger partial charge is 0.306 e. The van der Waals surface area contributed by atoms with E-state index in [4.69, 9.17) is 14.0 Å². The van der Waals surface area contributed by atoms with Crippen molar-refractivity contribution in [3.05, 3.63) is 102 Å². The van der Waals surface area contributed by atoms with Gasteiger partial charge >= 0.3 is 5.97 Å². The van der Waals surface area contributed by atoms with Crippen LogP contribution in [0.5, 0.6) is 5.75 Å². The average Bonchev–Trinajstić information content (AvgIpc) is 3.31. The summed E-state index contributed by atoms with van der Waals surface area (Å²) in [5, 5.41) is 13.7. The van der Waals surface area contributed by atoms with E-state index in [0.717, 1.165) is 22.6 Å². The van der Waals surface area contributed by atoms with Crippen LogP contribution in [-0.4, -0.2) is 26.8 Å². The molecular weight excluding hydrogens is 470 g/mol. The zero-order valence-electron chi connectivity index (χ0n) is 20.8. The molecule has 1 unspecified atom stereocenters. The number of aliphatic carboxylic acids is 1. The molecule has 1 N–H and O–H groups in total. The summed E-state index contributed by atoms with van der Waals surface area (Å²) < 4.78 is 11.7. The normalized spacial score (nSPS) is 12.2. The van der Waals surface area contributed by atoms with Crippen LogP contribution < -0.4 is 4.74 Å². The van der Waals surface area contributed by atoms with Crippen molar-refractivity contribution in [2.75, 3.05) is 0 Å². The van der Waals surface area contributed by atoms with E-state index < -0.39 is 11.9 Å². The second-order valence-electron chi connectivity index (χ2n) is 8.49. The summed E-state index contributed by atoms with van der Waals surface area (Å²) in [6, 6.07) is 22.7. The Kier molecular flexibility index (Phi) is 8.65. The fourth-order valence-electron chi connectivity index (χ4n) is 3.65.